The van der Waals surface area contributed by atoms with Crippen molar-refractivity contribution in [2.24, 2.45) is 0 Å². The molecule has 0 unspecified atom stereocenters. The Morgan fingerprint density at radius 1 is 0.700 bits per heavy atom. The summed E-state index contributed by atoms with van der Waals surface area (Å²) in [6.07, 6.45) is 0. The van der Waals surface area contributed by atoms with E-state index in [-0.39, 0.29) is 11.6 Å². The monoisotopic (exact) mass is 280 g/mol. The molecule has 0 aliphatic heterocycles. The summed E-state index contributed by atoms with van der Waals surface area (Å²) < 4.78 is 34.9. The van der Waals surface area contributed by atoms with Crippen LogP contribution in [0.15, 0.2) is 48.5 Å². The molecule has 2 aromatic carbocycles. The number of hydrogen-bond donors (Lipinski definition) is 0. The number of hydrogen-bond acceptors (Lipinski definition) is 2. The lowest BCUT2D eigenvalue weighted by Crippen LogP contribution is -1.90. The second-order valence-electron chi connectivity index (χ2n) is 4.05. The molecule has 2 rings (SSSR count). The van der Waals surface area contributed by atoms with Gasteiger partial charge in [0.25, 0.3) is 0 Å². The molecule has 20 heavy (non-hydrogen) atoms. The van der Waals surface area contributed by atoms with Gasteiger partial charge < -0.3 is 9.47 Å². The van der Waals surface area contributed by atoms with E-state index < -0.39 is 0 Å². The van der Waals surface area contributed by atoms with Gasteiger partial charge in [0.05, 0.1) is 13.2 Å². The third kappa shape index (κ3) is 5.47. The summed E-state index contributed by atoms with van der Waals surface area (Å²) in [6, 6.07) is 13.2. The number of halogens is 2. The van der Waals surface area contributed by atoms with Gasteiger partial charge in [0.2, 0.25) is 0 Å². The van der Waals surface area contributed by atoms with E-state index in [0.717, 1.165) is 0 Å². The van der Waals surface area contributed by atoms with E-state index in [9.17, 15) is 8.78 Å². The first-order valence-corrected chi connectivity index (χ1v) is 6.13. The summed E-state index contributed by atoms with van der Waals surface area (Å²) in [7, 11) is 3.10. The van der Waals surface area contributed by atoms with Crippen LogP contribution in [0.5, 0.6) is 0 Å². The fourth-order valence-electron chi connectivity index (χ4n) is 1.54. The van der Waals surface area contributed by atoms with Crippen molar-refractivity contribution in [1.29, 1.82) is 0 Å². The standard InChI is InChI=1S/2C8H9FO/c2*1-10-6-7-4-2-3-5-8(7)9/h2*2-5H,6H2,1H3. The predicted molar refractivity (Wildman–Crippen MR) is 74.2 cm³/mol. The SMILES string of the molecule is COCc1ccccc1F.COCc1ccccc1F. The topological polar surface area (TPSA) is 18.5 Å². The fraction of sp³-hybridized carbons (Fsp3) is 0.250. The number of rotatable bonds is 4. The maximum atomic E-state index is 12.7. The summed E-state index contributed by atoms with van der Waals surface area (Å²) in [6.45, 7) is 0.680. The molecule has 0 atom stereocenters. The van der Waals surface area contributed by atoms with Crippen molar-refractivity contribution in [3.8, 4) is 0 Å². The van der Waals surface area contributed by atoms with Gasteiger partial charge in [-0.25, -0.2) is 8.78 Å². The lowest BCUT2D eigenvalue weighted by atomic mass is 10.2. The highest BCUT2D eigenvalue weighted by Crippen LogP contribution is 2.07. The molecule has 0 aliphatic carbocycles. The summed E-state index contributed by atoms with van der Waals surface area (Å²) in [5, 5.41) is 0. The highest BCUT2D eigenvalue weighted by molar-refractivity contribution is 5.16. The van der Waals surface area contributed by atoms with Crippen molar-refractivity contribution in [2.45, 2.75) is 13.2 Å². The lowest BCUT2D eigenvalue weighted by Gasteiger charge is -1.98. The normalized spacial score (nSPS) is 9.80. The van der Waals surface area contributed by atoms with Gasteiger partial charge in [-0.3, -0.25) is 0 Å². The third-order valence-corrected chi connectivity index (χ3v) is 2.52. The maximum Gasteiger partial charge on any atom is 0.128 e. The van der Waals surface area contributed by atoms with Crippen LogP contribution in [0.25, 0.3) is 0 Å². The van der Waals surface area contributed by atoms with Crippen LogP contribution in [-0.4, -0.2) is 14.2 Å². The van der Waals surface area contributed by atoms with Crippen molar-refractivity contribution in [1.82, 2.24) is 0 Å². The second-order valence-corrected chi connectivity index (χ2v) is 4.05. The molecule has 0 N–H and O–H groups in total. The molecular weight excluding hydrogens is 262 g/mol. The Kier molecular flexibility index (Phi) is 7.47. The van der Waals surface area contributed by atoms with E-state index in [1.165, 1.54) is 12.1 Å². The summed E-state index contributed by atoms with van der Waals surface area (Å²) in [5.74, 6) is -0.409. The number of ether oxygens (including phenoxy) is 2. The average molecular weight is 280 g/mol. The smallest absolute Gasteiger partial charge is 0.128 e. The van der Waals surface area contributed by atoms with Gasteiger partial charge in [-0.1, -0.05) is 36.4 Å². The molecule has 0 amide bonds. The Bertz CT molecular complexity index is 468. The van der Waals surface area contributed by atoms with Crippen LogP contribution in [0.4, 0.5) is 8.78 Å². The zero-order chi connectivity index (χ0) is 14.8. The van der Waals surface area contributed by atoms with Gasteiger partial charge in [0.15, 0.2) is 0 Å². The molecule has 0 bridgehead atoms. The van der Waals surface area contributed by atoms with Crippen LogP contribution in [0.1, 0.15) is 11.1 Å². The molecule has 0 aromatic heterocycles. The molecule has 2 nitrogen and oxygen atoms in total. The third-order valence-electron chi connectivity index (χ3n) is 2.52. The molecule has 4 heteroatoms. The largest absolute Gasteiger partial charge is 0.380 e. The van der Waals surface area contributed by atoms with Crippen LogP contribution < -0.4 is 0 Å². The Morgan fingerprint density at radius 2 is 1.05 bits per heavy atom. The van der Waals surface area contributed by atoms with E-state index in [1.807, 2.05) is 0 Å². The Hall–Kier alpha value is -1.78. The number of methoxy groups -OCH3 is 2. The minimum Gasteiger partial charge on any atom is -0.380 e. The quantitative estimate of drug-likeness (QED) is 0.844. The minimum absolute atomic E-state index is 0.204. The fourth-order valence-corrected chi connectivity index (χ4v) is 1.54. The van der Waals surface area contributed by atoms with Gasteiger partial charge in [0.1, 0.15) is 11.6 Å². The van der Waals surface area contributed by atoms with Crippen molar-refractivity contribution >= 4 is 0 Å². The molecule has 0 heterocycles. The average Bonchev–Trinajstić information content (AvgIpc) is 2.45. The molecule has 0 radical (unpaired) electrons. The molecule has 0 spiro atoms. The molecule has 0 saturated heterocycles. The summed E-state index contributed by atoms with van der Waals surface area (Å²) >= 11 is 0. The van der Waals surface area contributed by atoms with E-state index >= 15 is 0 Å². The van der Waals surface area contributed by atoms with Crippen LogP contribution in [0.2, 0.25) is 0 Å². The molecule has 0 fully saturated rings. The van der Waals surface area contributed by atoms with Crippen LogP contribution in [0.3, 0.4) is 0 Å². The van der Waals surface area contributed by atoms with Crippen molar-refractivity contribution < 1.29 is 18.3 Å². The Morgan fingerprint density at radius 3 is 1.35 bits per heavy atom. The molecule has 108 valence electrons. The second kappa shape index (κ2) is 9.18. The zero-order valence-electron chi connectivity index (χ0n) is 11.6. The van der Waals surface area contributed by atoms with Gasteiger partial charge >= 0.3 is 0 Å². The van der Waals surface area contributed by atoms with Crippen LogP contribution in [0, 0.1) is 11.6 Å². The van der Waals surface area contributed by atoms with Crippen molar-refractivity contribution in [3.63, 3.8) is 0 Å². The zero-order valence-corrected chi connectivity index (χ0v) is 11.6. The Balaban J connectivity index is 0.000000200. The summed E-state index contributed by atoms with van der Waals surface area (Å²) in [5.41, 5.74) is 1.20. The van der Waals surface area contributed by atoms with Crippen molar-refractivity contribution in [2.75, 3.05) is 14.2 Å². The maximum absolute atomic E-state index is 12.7. The molecule has 0 saturated carbocycles. The Labute approximate surface area is 118 Å². The van der Waals surface area contributed by atoms with E-state index in [2.05, 4.69) is 0 Å². The van der Waals surface area contributed by atoms with Gasteiger partial charge in [-0.05, 0) is 12.1 Å². The molecule has 0 aliphatic rings. The summed E-state index contributed by atoms with van der Waals surface area (Å²) in [4.78, 5) is 0. The van der Waals surface area contributed by atoms with Gasteiger partial charge in [-0.15, -0.1) is 0 Å². The first-order chi connectivity index (χ1) is 9.69. The predicted octanol–water partition coefficient (Wildman–Crippen LogP) is 3.94. The van der Waals surface area contributed by atoms with E-state index in [1.54, 1.807) is 50.6 Å². The number of benzene rings is 2. The van der Waals surface area contributed by atoms with Gasteiger partial charge in [-0.2, -0.15) is 0 Å². The first-order valence-electron chi connectivity index (χ1n) is 6.13. The minimum atomic E-state index is -0.204. The lowest BCUT2D eigenvalue weighted by molar-refractivity contribution is 0.181. The van der Waals surface area contributed by atoms with Crippen molar-refractivity contribution in [3.05, 3.63) is 71.3 Å². The van der Waals surface area contributed by atoms with Crippen LogP contribution in [-0.2, 0) is 22.7 Å². The first kappa shape index (κ1) is 16.3. The molecule has 2 aromatic rings. The van der Waals surface area contributed by atoms with Gasteiger partial charge in [0, 0.05) is 25.3 Å². The molecular formula is C16H18F2O2. The highest BCUT2D eigenvalue weighted by Gasteiger charge is 1.97. The highest BCUT2D eigenvalue weighted by atomic mass is 19.1. The van der Waals surface area contributed by atoms with Crippen LogP contribution >= 0.6 is 0 Å². The van der Waals surface area contributed by atoms with E-state index in [4.69, 9.17) is 9.47 Å². The van der Waals surface area contributed by atoms with E-state index in [0.29, 0.717) is 24.3 Å².